The van der Waals surface area contributed by atoms with Gasteiger partial charge in [-0.05, 0) is 77.0 Å². The van der Waals surface area contributed by atoms with Gasteiger partial charge in [-0.25, -0.2) is 0 Å². The van der Waals surface area contributed by atoms with Crippen LogP contribution in [0.2, 0.25) is 0 Å². The summed E-state index contributed by atoms with van der Waals surface area (Å²) in [5.74, 6) is -0.380. The van der Waals surface area contributed by atoms with E-state index in [1.165, 1.54) is 6.42 Å². The van der Waals surface area contributed by atoms with Gasteiger partial charge < -0.3 is 89.9 Å². The molecule has 3 rings (SSSR count). The Balaban J connectivity index is 1.57. The first-order chi connectivity index (χ1) is 36.8. The van der Waals surface area contributed by atoms with Crippen molar-refractivity contribution in [2.75, 3.05) is 26.4 Å². The molecule has 19 nitrogen and oxygen atoms in total. The molecule has 17 atom stereocenters. The minimum Gasteiger partial charge on any atom is -0.394 e. The number of carbonyl (C=O) groups is 1. The molecule has 0 bridgehead atoms. The minimum absolute atomic E-state index is 0.0993. The molecular weight excluding hydrogens is 987 g/mol. The Bertz CT molecular complexity index is 1810. The Labute approximate surface area is 449 Å². The molecule has 3 aliphatic rings. The van der Waals surface area contributed by atoms with Gasteiger partial charge >= 0.3 is 0 Å². The zero-order chi connectivity index (χ0) is 55.5. The largest absolute Gasteiger partial charge is 0.394 e. The minimum atomic E-state index is -1.99. The van der Waals surface area contributed by atoms with E-state index in [9.17, 15) is 61.0 Å². The molecule has 0 radical (unpaired) electrons. The fraction of sp³-hybridized carbons (Fsp3) is 0.667. The number of ether oxygens (including phenoxy) is 6. The van der Waals surface area contributed by atoms with Gasteiger partial charge in [-0.2, -0.15) is 0 Å². The number of unbranched alkanes of at least 4 members (excludes halogenated alkanes) is 4. The van der Waals surface area contributed by atoms with E-state index in [0.717, 1.165) is 64.2 Å². The maximum absolute atomic E-state index is 13.2. The summed E-state index contributed by atoms with van der Waals surface area (Å²) in [6.45, 7) is 1.41. The van der Waals surface area contributed by atoms with Crippen LogP contribution in [0.25, 0.3) is 0 Å². The van der Waals surface area contributed by atoms with Crippen LogP contribution < -0.4 is 5.32 Å². The average Bonchev–Trinajstić information content (AvgIpc) is 3.42. The van der Waals surface area contributed by atoms with Crippen molar-refractivity contribution in [2.45, 2.75) is 214 Å². The van der Waals surface area contributed by atoms with Crippen LogP contribution in [0, 0.1) is 0 Å². The lowest BCUT2D eigenvalue weighted by Gasteiger charge is -2.48. The van der Waals surface area contributed by atoms with Crippen molar-refractivity contribution >= 4 is 5.91 Å². The zero-order valence-electron chi connectivity index (χ0n) is 44.4. The van der Waals surface area contributed by atoms with Crippen LogP contribution >= 0.6 is 0 Å². The van der Waals surface area contributed by atoms with Gasteiger partial charge in [0.25, 0.3) is 0 Å². The van der Waals surface area contributed by atoms with Crippen molar-refractivity contribution in [1.29, 1.82) is 0 Å². The van der Waals surface area contributed by atoms with Crippen molar-refractivity contribution in [3.8, 4) is 0 Å². The van der Waals surface area contributed by atoms with Crippen molar-refractivity contribution in [3.05, 3.63) is 109 Å². The van der Waals surface area contributed by atoms with Crippen LogP contribution in [0.4, 0.5) is 0 Å². The predicted molar refractivity (Wildman–Crippen MR) is 286 cm³/mol. The lowest BCUT2D eigenvalue weighted by molar-refractivity contribution is -0.379. The summed E-state index contributed by atoms with van der Waals surface area (Å²) in [5, 5.41) is 120. The highest BCUT2D eigenvalue weighted by atomic mass is 16.8. The highest BCUT2D eigenvalue weighted by molar-refractivity contribution is 5.76. The number of aliphatic hydroxyl groups is 11. The summed E-state index contributed by atoms with van der Waals surface area (Å²) in [6.07, 6.45) is 22.5. The first kappa shape index (κ1) is 66.7. The lowest BCUT2D eigenvalue weighted by Crippen LogP contribution is -2.66. The summed E-state index contributed by atoms with van der Waals surface area (Å²) in [5.41, 5.74) is 0. The van der Waals surface area contributed by atoms with Gasteiger partial charge in [-0.1, -0.05) is 136 Å². The van der Waals surface area contributed by atoms with E-state index in [2.05, 4.69) is 104 Å². The number of rotatable bonds is 36. The Kier molecular flexibility index (Phi) is 34.9. The molecule has 0 aromatic carbocycles. The van der Waals surface area contributed by atoms with Crippen LogP contribution in [0.5, 0.6) is 0 Å². The standard InChI is InChI=1S/C57H91NO18/c1-3-5-7-9-11-13-15-17-18-19-20-21-22-23-25-27-29-31-33-35-45(63)58-40(41(62)34-32-30-28-26-24-16-14-12-10-8-6-4-2)39-71-55-51(69)48(66)53(43(37-60)73-55)76-57-52(70)49(67)54(44(38-61)74-57)75-56-50(68)47(65)46(64)42(36-59)72-56/h5,7,10-13,17-18,20-21,23-26,29,31-32,34,40-44,46-57,59-62,64-70H,3-4,6,8-9,14-16,19,22,27-28,30,33,35-39H2,1-2H3,(H,58,63)/b7-5-,12-10+,13-11-,18-17-,21-20-,25-23-,26-24+,31-29-,34-32+. The quantitative estimate of drug-likeness (QED) is 0.0317. The highest BCUT2D eigenvalue weighted by Gasteiger charge is 2.53. The van der Waals surface area contributed by atoms with Crippen molar-refractivity contribution in [1.82, 2.24) is 5.32 Å². The van der Waals surface area contributed by atoms with Gasteiger partial charge in [0.2, 0.25) is 5.91 Å². The molecule has 3 aliphatic heterocycles. The second-order valence-corrected chi connectivity index (χ2v) is 18.9. The van der Waals surface area contributed by atoms with Gasteiger partial charge in [0, 0.05) is 6.42 Å². The highest BCUT2D eigenvalue weighted by Crippen LogP contribution is 2.33. The van der Waals surface area contributed by atoms with Gasteiger partial charge in [0.05, 0.1) is 38.6 Å². The molecule has 0 aromatic rings. The van der Waals surface area contributed by atoms with E-state index in [0.29, 0.717) is 19.3 Å². The summed E-state index contributed by atoms with van der Waals surface area (Å²) in [4.78, 5) is 13.2. The Hall–Kier alpha value is -3.55. The molecular formula is C57H91NO18. The predicted octanol–water partition coefficient (Wildman–Crippen LogP) is 3.19. The average molecular weight is 1080 g/mol. The third-order valence-corrected chi connectivity index (χ3v) is 12.8. The molecule has 1 amide bonds. The summed E-state index contributed by atoms with van der Waals surface area (Å²) in [7, 11) is 0. The lowest BCUT2D eigenvalue weighted by atomic mass is 9.96. The Morgan fingerprint density at radius 2 is 0.895 bits per heavy atom. The van der Waals surface area contributed by atoms with Crippen LogP contribution in [0.1, 0.15) is 110 Å². The smallest absolute Gasteiger partial charge is 0.220 e. The maximum Gasteiger partial charge on any atom is 0.220 e. The maximum atomic E-state index is 13.2. The van der Waals surface area contributed by atoms with Gasteiger partial charge in [-0.15, -0.1) is 0 Å². The van der Waals surface area contributed by atoms with Gasteiger partial charge in [-0.3, -0.25) is 4.79 Å². The molecule has 12 N–H and O–H groups in total. The van der Waals surface area contributed by atoms with Gasteiger partial charge in [0.1, 0.15) is 73.2 Å². The number of hydrogen-bond acceptors (Lipinski definition) is 18. The van der Waals surface area contributed by atoms with E-state index in [1.54, 1.807) is 12.2 Å². The topological polar surface area (TPSA) is 307 Å². The Morgan fingerprint density at radius 1 is 0.487 bits per heavy atom. The van der Waals surface area contributed by atoms with Crippen LogP contribution in [-0.2, 0) is 33.2 Å². The number of hydrogen-bond donors (Lipinski definition) is 12. The van der Waals surface area contributed by atoms with E-state index >= 15 is 0 Å². The molecule has 3 saturated heterocycles. The first-order valence-electron chi connectivity index (χ1n) is 27.1. The summed E-state index contributed by atoms with van der Waals surface area (Å²) < 4.78 is 34.1. The molecule has 432 valence electrons. The van der Waals surface area contributed by atoms with E-state index in [4.69, 9.17) is 28.4 Å². The molecule has 3 fully saturated rings. The third-order valence-electron chi connectivity index (χ3n) is 12.8. The number of allylic oxidation sites excluding steroid dienone is 17. The number of amides is 1. The fourth-order valence-electron chi connectivity index (χ4n) is 8.29. The monoisotopic (exact) mass is 1080 g/mol. The van der Waals surface area contributed by atoms with Crippen LogP contribution in [0.3, 0.4) is 0 Å². The number of carbonyl (C=O) groups excluding carboxylic acids is 1. The molecule has 0 saturated carbocycles. The Morgan fingerprint density at radius 3 is 1.38 bits per heavy atom. The summed E-state index contributed by atoms with van der Waals surface area (Å²) >= 11 is 0. The summed E-state index contributed by atoms with van der Waals surface area (Å²) in [6, 6.07) is -1.04. The van der Waals surface area contributed by atoms with Gasteiger partial charge in [0.15, 0.2) is 18.9 Å². The molecule has 0 aromatic heterocycles. The third kappa shape index (κ3) is 24.2. The van der Waals surface area contributed by atoms with Crippen LogP contribution in [-0.4, -0.2) is 193 Å². The number of nitrogens with one attached hydrogen (secondary N) is 1. The van der Waals surface area contributed by atoms with Crippen molar-refractivity contribution in [3.63, 3.8) is 0 Å². The molecule has 19 heteroatoms. The SMILES string of the molecule is CC/C=C\C/C=C\C/C=C\C/C=C\C/C=C\C/C=C\CCC(=O)NC(COC1OC(CO)C(OC2OC(CO)C(OC3OC(CO)C(O)C(O)C3O)C(O)C2O)C(O)C1O)C(O)/C=C/CC/C=C/CC/C=C/CCCC. The van der Waals surface area contributed by atoms with Crippen LogP contribution in [0.15, 0.2) is 109 Å². The van der Waals surface area contributed by atoms with E-state index < -0.39 is 131 Å². The van der Waals surface area contributed by atoms with E-state index in [-0.39, 0.29) is 12.3 Å². The second kappa shape index (κ2) is 39.8. The molecule has 76 heavy (non-hydrogen) atoms. The number of aliphatic hydroxyl groups excluding tert-OH is 11. The normalized spacial score (nSPS) is 31.8. The second-order valence-electron chi connectivity index (χ2n) is 18.9. The fourth-order valence-corrected chi connectivity index (χ4v) is 8.29. The first-order valence-corrected chi connectivity index (χ1v) is 27.1. The molecule has 0 aliphatic carbocycles. The molecule has 17 unspecified atom stereocenters. The van der Waals surface area contributed by atoms with Crippen molar-refractivity contribution in [2.24, 2.45) is 0 Å². The molecule has 3 heterocycles. The molecule has 0 spiro atoms. The zero-order valence-corrected chi connectivity index (χ0v) is 44.4. The van der Waals surface area contributed by atoms with Crippen molar-refractivity contribution < 1.29 is 89.4 Å². The van der Waals surface area contributed by atoms with E-state index in [1.807, 2.05) is 12.2 Å².